The van der Waals surface area contributed by atoms with Crippen molar-refractivity contribution in [1.29, 1.82) is 0 Å². The predicted molar refractivity (Wildman–Crippen MR) is 92.4 cm³/mol. The molecule has 8 heteroatoms. The molecule has 2 N–H and O–H groups in total. The van der Waals surface area contributed by atoms with Crippen LogP contribution in [-0.4, -0.2) is 27.4 Å². The molecule has 0 radical (unpaired) electrons. The van der Waals surface area contributed by atoms with Crippen LogP contribution in [0.15, 0.2) is 40.3 Å². The second kappa shape index (κ2) is 8.73. The van der Waals surface area contributed by atoms with Gasteiger partial charge in [0.1, 0.15) is 5.82 Å². The van der Waals surface area contributed by atoms with Gasteiger partial charge in [-0.3, -0.25) is 9.59 Å². The van der Waals surface area contributed by atoms with Gasteiger partial charge < -0.3 is 10.3 Å². The van der Waals surface area contributed by atoms with Gasteiger partial charge in [-0.2, -0.15) is 11.8 Å². The molecule has 0 aliphatic carbocycles. The standard InChI is InChI=1S/C15H16FN3O2S2/c1-2-22-8-12-7-13(20)19-15(18-12)23-9-14(21)17-11-5-3-10(16)4-6-11/h3-7H,2,8-9H2,1H3,(H,17,21)(H,18,19,20). The lowest BCUT2D eigenvalue weighted by atomic mass is 10.3. The van der Waals surface area contributed by atoms with Crippen LogP contribution in [0.1, 0.15) is 12.6 Å². The zero-order valence-corrected chi connectivity index (χ0v) is 14.1. The summed E-state index contributed by atoms with van der Waals surface area (Å²) in [5.41, 5.74) is 0.988. The molecule has 23 heavy (non-hydrogen) atoms. The van der Waals surface area contributed by atoms with E-state index >= 15 is 0 Å². The minimum atomic E-state index is -0.360. The Morgan fingerprint density at radius 3 is 2.78 bits per heavy atom. The summed E-state index contributed by atoms with van der Waals surface area (Å²) in [6.45, 7) is 2.04. The van der Waals surface area contributed by atoms with Crippen molar-refractivity contribution >= 4 is 35.1 Å². The molecule has 1 aromatic heterocycles. The number of aromatic nitrogens is 2. The highest BCUT2D eigenvalue weighted by Gasteiger charge is 2.07. The molecule has 0 saturated heterocycles. The van der Waals surface area contributed by atoms with E-state index in [2.05, 4.69) is 15.3 Å². The van der Waals surface area contributed by atoms with Crippen molar-refractivity contribution in [1.82, 2.24) is 9.97 Å². The van der Waals surface area contributed by atoms with Crippen LogP contribution in [0, 0.1) is 5.82 Å². The molecule has 122 valence electrons. The lowest BCUT2D eigenvalue weighted by Crippen LogP contribution is -2.15. The zero-order valence-electron chi connectivity index (χ0n) is 12.5. The van der Waals surface area contributed by atoms with Crippen LogP contribution >= 0.6 is 23.5 Å². The fourth-order valence-electron chi connectivity index (χ4n) is 1.70. The topological polar surface area (TPSA) is 74.8 Å². The maximum absolute atomic E-state index is 12.8. The third-order valence-corrected chi connectivity index (χ3v) is 4.48. The van der Waals surface area contributed by atoms with Crippen LogP contribution in [-0.2, 0) is 10.5 Å². The number of H-pyrrole nitrogens is 1. The molecule has 0 atom stereocenters. The number of nitrogens with zero attached hydrogens (tertiary/aromatic N) is 1. The molecule has 0 aliphatic rings. The number of nitrogens with one attached hydrogen (secondary N) is 2. The number of aromatic amines is 1. The summed E-state index contributed by atoms with van der Waals surface area (Å²) >= 11 is 2.82. The van der Waals surface area contributed by atoms with E-state index < -0.39 is 0 Å². The summed E-state index contributed by atoms with van der Waals surface area (Å²) in [6, 6.07) is 6.99. The lowest BCUT2D eigenvalue weighted by molar-refractivity contribution is -0.113. The Labute approximate surface area is 141 Å². The summed E-state index contributed by atoms with van der Waals surface area (Å²) in [5, 5.41) is 3.07. The fraction of sp³-hybridized carbons (Fsp3) is 0.267. The number of hydrogen-bond acceptors (Lipinski definition) is 5. The molecule has 0 aliphatic heterocycles. The normalized spacial score (nSPS) is 10.5. The quantitative estimate of drug-likeness (QED) is 0.591. The third kappa shape index (κ3) is 6.07. The van der Waals surface area contributed by atoms with Crippen molar-refractivity contribution in [3.8, 4) is 0 Å². The first-order valence-corrected chi connectivity index (χ1v) is 9.07. The van der Waals surface area contributed by atoms with E-state index in [0.717, 1.165) is 17.5 Å². The van der Waals surface area contributed by atoms with E-state index in [1.807, 2.05) is 6.92 Å². The summed E-state index contributed by atoms with van der Waals surface area (Å²) in [6.07, 6.45) is 0. The number of amides is 1. The summed E-state index contributed by atoms with van der Waals surface area (Å²) < 4.78 is 12.8. The van der Waals surface area contributed by atoms with Gasteiger partial charge in [0.15, 0.2) is 5.16 Å². The molecule has 1 amide bonds. The number of carbonyl (C=O) groups excluding carboxylic acids is 1. The maximum atomic E-state index is 12.8. The molecule has 1 aromatic carbocycles. The van der Waals surface area contributed by atoms with Crippen molar-refractivity contribution < 1.29 is 9.18 Å². The number of thioether (sulfide) groups is 2. The van der Waals surface area contributed by atoms with E-state index in [9.17, 15) is 14.0 Å². The highest BCUT2D eigenvalue weighted by Crippen LogP contribution is 2.15. The third-order valence-electron chi connectivity index (χ3n) is 2.70. The Balaban J connectivity index is 1.91. The first-order chi connectivity index (χ1) is 11.1. The number of rotatable bonds is 7. The molecule has 2 aromatic rings. The van der Waals surface area contributed by atoms with Gasteiger partial charge in [0.2, 0.25) is 5.91 Å². The Kier molecular flexibility index (Phi) is 6.66. The summed E-state index contributed by atoms with van der Waals surface area (Å²) in [7, 11) is 0. The largest absolute Gasteiger partial charge is 0.325 e. The van der Waals surface area contributed by atoms with Gasteiger partial charge in [0.25, 0.3) is 5.56 Å². The highest BCUT2D eigenvalue weighted by atomic mass is 32.2. The average molecular weight is 353 g/mol. The number of anilines is 1. The number of hydrogen-bond donors (Lipinski definition) is 2. The summed E-state index contributed by atoms with van der Waals surface area (Å²) in [4.78, 5) is 30.4. The van der Waals surface area contributed by atoms with Gasteiger partial charge in [-0.25, -0.2) is 9.37 Å². The molecular weight excluding hydrogens is 337 g/mol. The highest BCUT2D eigenvalue weighted by molar-refractivity contribution is 7.99. The average Bonchev–Trinajstić information content (AvgIpc) is 2.53. The van der Waals surface area contributed by atoms with Crippen LogP contribution in [0.25, 0.3) is 0 Å². The molecule has 0 unspecified atom stereocenters. The molecule has 0 saturated carbocycles. The number of benzene rings is 1. The van der Waals surface area contributed by atoms with Gasteiger partial charge >= 0.3 is 0 Å². The van der Waals surface area contributed by atoms with Gasteiger partial charge in [-0.1, -0.05) is 18.7 Å². The Morgan fingerprint density at radius 2 is 2.09 bits per heavy atom. The van der Waals surface area contributed by atoms with Crippen molar-refractivity contribution in [2.45, 2.75) is 17.8 Å². The molecule has 0 spiro atoms. The molecule has 2 rings (SSSR count). The summed E-state index contributed by atoms with van der Waals surface area (Å²) in [5.74, 6) is 1.09. The Morgan fingerprint density at radius 1 is 1.35 bits per heavy atom. The van der Waals surface area contributed by atoms with Crippen molar-refractivity contribution in [3.05, 3.63) is 52.2 Å². The molecule has 0 fully saturated rings. The van der Waals surface area contributed by atoms with Crippen LogP contribution in [0.3, 0.4) is 0 Å². The van der Waals surface area contributed by atoms with E-state index in [-0.39, 0.29) is 23.0 Å². The number of carbonyl (C=O) groups is 1. The minimum absolute atomic E-state index is 0.102. The van der Waals surface area contributed by atoms with E-state index in [1.165, 1.54) is 30.3 Å². The maximum Gasteiger partial charge on any atom is 0.251 e. The molecule has 0 bridgehead atoms. The lowest BCUT2D eigenvalue weighted by Gasteiger charge is -2.05. The molecule has 1 heterocycles. The second-order valence-electron chi connectivity index (χ2n) is 4.52. The minimum Gasteiger partial charge on any atom is -0.325 e. The van der Waals surface area contributed by atoms with Crippen LogP contribution in [0.4, 0.5) is 10.1 Å². The van der Waals surface area contributed by atoms with Crippen molar-refractivity contribution in [3.63, 3.8) is 0 Å². The zero-order chi connectivity index (χ0) is 16.7. The van der Waals surface area contributed by atoms with Crippen LogP contribution in [0.2, 0.25) is 0 Å². The molecule has 5 nitrogen and oxygen atoms in total. The van der Waals surface area contributed by atoms with Gasteiger partial charge in [-0.05, 0) is 30.0 Å². The fourth-order valence-corrected chi connectivity index (χ4v) is 2.95. The van der Waals surface area contributed by atoms with Gasteiger partial charge in [0.05, 0.1) is 11.4 Å². The van der Waals surface area contributed by atoms with E-state index in [4.69, 9.17) is 0 Å². The first-order valence-electron chi connectivity index (χ1n) is 6.93. The monoisotopic (exact) mass is 353 g/mol. The second-order valence-corrected chi connectivity index (χ2v) is 6.76. The number of halogens is 1. The predicted octanol–water partition coefficient (Wildman–Crippen LogP) is 2.89. The Hall–Kier alpha value is -1.80. The van der Waals surface area contributed by atoms with Crippen LogP contribution < -0.4 is 10.9 Å². The smallest absolute Gasteiger partial charge is 0.251 e. The molecular formula is C15H16FN3O2S2. The SMILES string of the molecule is CCSCc1cc(=O)[nH]c(SCC(=O)Nc2ccc(F)cc2)n1. The Bertz CT molecular complexity index is 719. The van der Waals surface area contributed by atoms with Crippen LogP contribution in [0.5, 0.6) is 0 Å². The van der Waals surface area contributed by atoms with E-state index in [1.54, 1.807) is 11.8 Å². The van der Waals surface area contributed by atoms with Crippen molar-refractivity contribution in [2.24, 2.45) is 0 Å². The van der Waals surface area contributed by atoms with Gasteiger partial charge in [-0.15, -0.1) is 0 Å². The van der Waals surface area contributed by atoms with E-state index in [0.29, 0.717) is 22.3 Å². The van der Waals surface area contributed by atoms with Gasteiger partial charge in [0, 0.05) is 17.5 Å². The van der Waals surface area contributed by atoms with Crippen molar-refractivity contribution in [2.75, 3.05) is 16.8 Å². The first kappa shape index (κ1) is 17.6.